The zero-order valence-electron chi connectivity index (χ0n) is 15.8. The number of ether oxygens (including phenoxy) is 1. The number of hydrogen-bond acceptors (Lipinski definition) is 4. The molecule has 0 bridgehead atoms. The van der Waals surface area contributed by atoms with Crippen LogP contribution in [-0.2, 0) is 6.18 Å². The molecule has 2 aromatic rings. The SMILES string of the molecule is COc1ccc(N2CCCN(CC(O)c3ccc(C(F)(F)F)cc3)CC2)cc1. The molecule has 0 amide bonds. The standard InChI is InChI=1S/C21H25F3N2O2/c1-28-19-9-7-18(8-10-19)26-12-2-11-25(13-14-26)15-20(27)16-3-5-17(6-4-16)21(22,23)24/h3-10,20,27H,2,11-15H2,1H3. The van der Waals surface area contributed by atoms with E-state index >= 15 is 0 Å². The summed E-state index contributed by atoms with van der Waals surface area (Å²) in [6.07, 6.45) is -4.22. The molecule has 4 nitrogen and oxygen atoms in total. The van der Waals surface area contributed by atoms with E-state index < -0.39 is 17.8 Å². The third kappa shape index (κ3) is 5.17. The first-order valence-electron chi connectivity index (χ1n) is 9.33. The van der Waals surface area contributed by atoms with Crippen molar-refractivity contribution in [1.82, 2.24) is 4.90 Å². The zero-order valence-corrected chi connectivity index (χ0v) is 15.8. The average Bonchev–Trinajstić information content (AvgIpc) is 2.93. The highest BCUT2D eigenvalue weighted by Crippen LogP contribution is 2.30. The predicted octanol–water partition coefficient (Wildman–Crippen LogP) is 3.96. The van der Waals surface area contributed by atoms with Crippen molar-refractivity contribution < 1.29 is 23.0 Å². The maximum atomic E-state index is 12.7. The number of benzene rings is 2. The van der Waals surface area contributed by atoms with Crippen LogP contribution in [0.4, 0.5) is 18.9 Å². The number of nitrogens with zero attached hydrogens (tertiary/aromatic N) is 2. The van der Waals surface area contributed by atoms with Crippen LogP contribution in [0.25, 0.3) is 0 Å². The van der Waals surface area contributed by atoms with Gasteiger partial charge in [0.15, 0.2) is 0 Å². The van der Waals surface area contributed by atoms with Crippen molar-refractivity contribution in [3.63, 3.8) is 0 Å². The molecule has 7 heteroatoms. The van der Waals surface area contributed by atoms with E-state index in [0.29, 0.717) is 12.1 Å². The summed E-state index contributed by atoms with van der Waals surface area (Å²) in [4.78, 5) is 4.45. The van der Waals surface area contributed by atoms with Crippen molar-refractivity contribution in [2.45, 2.75) is 18.7 Å². The van der Waals surface area contributed by atoms with E-state index in [9.17, 15) is 18.3 Å². The fraction of sp³-hybridized carbons (Fsp3) is 0.429. The number of halogens is 3. The minimum absolute atomic E-state index is 0.405. The van der Waals surface area contributed by atoms with Gasteiger partial charge < -0.3 is 14.7 Å². The number of aliphatic hydroxyl groups excluding tert-OH is 1. The molecule has 1 fully saturated rings. The second kappa shape index (κ2) is 8.84. The Morgan fingerprint density at radius 2 is 1.64 bits per heavy atom. The van der Waals surface area contributed by atoms with Crippen LogP contribution < -0.4 is 9.64 Å². The molecule has 1 atom stereocenters. The lowest BCUT2D eigenvalue weighted by molar-refractivity contribution is -0.137. The summed E-state index contributed by atoms with van der Waals surface area (Å²) >= 11 is 0. The normalized spacial score (nSPS) is 17.2. The van der Waals surface area contributed by atoms with Crippen LogP contribution in [0.15, 0.2) is 48.5 Å². The second-order valence-corrected chi connectivity index (χ2v) is 6.97. The van der Waals surface area contributed by atoms with Crippen molar-refractivity contribution in [3.8, 4) is 5.75 Å². The summed E-state index contributed by atoms with van der Waals surface area (Å²) in [6, 6.07) is 12.7. The summed E-state index contributed by atoms with van der Waals surface area (Å²) in [5, 5.41) is 10.4. The third-order valence-electron chi connectivity index (χ3n) is 5.08. The Bertz CT molecular complexity index is 748. The van der Waals surface area contributed by atoms with Crippen LogP contribution in [0.2, 0.25) is 0 Å². The van der Waals surface area contributed by atoms with Gasteiger partial charge in [-0.3, -0.25) is 4.90 Å². The van der Waals surface area contributed by atoms with Crippen LogP contribution >= 0.6 is 0 Å². The molecule has 1 N–H and O–H groups in total. The van der Waals surface area contributed by atoms with Gasteiger partial charge in [-0.2, -0.15) is 13.2 Å². The first kappa shape index (κ1) is 20.5. The summed E-state index contributed by atoms with van der Waals surface area (Å²) in [7, 11) is 1.64. The maximum Gasteiger partial charge on any atom is 0.416 e. The van der Waals surface area contributed by atoms with Crippen molar-refractivity contribution in [2.24, 2.45) is 0 Å². The molecule has 1 saturated heterocycles. The van der Waals surface area contributed by atoms with Crippen molar-refractivity contribution in [2.75, 3.05) is 44.7 Å². The van der Waals surface area contributed by atoms with E-state index in [1.165, 1.54) is 12.1 Å². The highest BCUT2D eigenvalue weighted by atomic mass is 19.4. The number of β-amino-alcohol motifs (C(OH)–C–C–N with tert-alkyl or cyclic N) is 1. The molecule has 3 rings (SSSR count). The summed E-state index contributed by atoms with van der Waals surface area (Å²) in [5.41, 5.74) is 0.934. The van der Waals surface area contributed by atoms with Crippen molar-refractivity contribution >= 4 is 5.69 Å². The molecule has 28 heavy (non-hydrogen) atoms. The van der Waals surface area contributed by atoms with Gasteiger partial charge in [0, 0.05) is 38.4 Å². The first-order valence-corrected chi connectivity index (χ1v) is 9.33. The lowest BCUT2D eigenvalue weighted by Gasteiger charge is -2.25. The Balaban J connectivity index is 1.56. The molecular weight excluding hydrogens is 369 g/mol. The van der Waals surface area contributed by atoms with Crippen LogP contribution in [0.3, 0.4) is 0 Å². The number of alkyl halides is 3. The Labute approximate surface area is 163 Å². The van der Waals surface area contributed by atoms with Gasteiger partial charge in [0.1, 0.15) is 5.75 Å². The average molecular weight is 394 g/mol. The fourth-order valence-electron chi connectivity index (χ4n) is 3.45. The lowest BCUT2D eigenvalue weighted by atomic mass is 10.1. The van der Waals surface area contributed by atoms with Gasteiger partial charge in [0.05, 0.1) is 18.8 Å². The molecular formula is C21H25F3N2O2. The molecule has 1 heterocycles. The van der Waals surface area contributed by atoms with Gasteiger partial charge >= 0.3 is 6.18 Å². The summed E-state index contributed by atoms with van der Waals surface area (Å²) in [5.74, 6) is 0.819. The molecule has 2 aromatic carbocycles. The van der Waals surface area contributed by atoms with Gasteiger partial charge in [-0.05, 0) is 48.4 Å². The largest absolute Gasteiger partial charge is 0.497 e. The topological polar surface area (TPSA) is 35.9 Å². The maximum absolute atomic E-state index is 12.7. The number of anilines is 1. The molecule has 0 spiro atoms. The molecule has 1 unspecified atom stereocenters. The van der Waals surface area contributed by atoms with E-state index in [2.05, 4.69) is 9.80 Å². The zero-order chi connectivity index (χ0) is 20.1. The molecule has 0 saturated carbocycles. The smallest absolute Gasteiger partial charge is 0.416 e. The predicted molar refractivity (Wildman–Crippen MR) is 103 cm³/mol. The van der Waals surface area contributed by atoms with Crippen molar-refractivity contribution in [1.29, 1.82) is 0 Å². The molecule has 0 aromatic heterocycles. The Kier molecular flexibility index (Phi) is 6.46. The molecule has 152 valence electrons. The van der Waals surface area contributed by atoms with E-state index in [0.717, 1.165) is 56.2 Å². The molecule has 0 radical (unpaired) electrons. The van der Waals surface area contributed by atoms with Crippen LogP contribution in [-0.4, -0.2) is 49.8 Å². The van der Waals surface area contributed by atoms with E-state index in [4.69, 9.17) is 4.74 Å². The van der Waals surface area contributed by atoms with Crippen molar-refractivity contribution in [3.05, 3.63) is 59.7 Å². The Hall–Kier alpha value is -2.25. The second-order valence-electron chi connectivity index (χ2n) is 6.97. The molecule has 0 aliphatic carbocycles. The number of aliphatic hydroxyl groups is 1. The van der Waals surface area contributed by atoms with Crippen LogP contribution in [0.5, 0.6) is 5.75 Å². The Morgan fingerprint density at radius 1 is 0.964 bits per heavy atom. The van der Waals surface area contributed by atoms with Gasteiger partial charge in [0.2, 0.25) is 0 Å². The van der Waals surface area contributed by atoms with Gasteiger partial charge in [-0.25, -0.2) is 0 Å². The highest BCUT2D eigenvalue weighted by Gasteiger charge is 2.30. The number of rotatable bonds is 5. The van der Waals surface area contributed by atoms with E-state index in [-0.39, 0.29) is 0 Å². The highest BCUT2D eigenvalue weighted by molar-refractivity contribution is 5.49. The van der Waals surface area contributed by atoms with E-state index in [1.54, 1.807) is 7.11 Å². The van der Waals surface area contributed by atoms with Gasteiger partial charge in [0.25, 0.3) is 0 Å². The summed E-state index contributed by atoms with van der Waals surface area (Å²) in [6.45, 7) is 3.77. The quantitative estimate of drug-likeness (QED) is 0.833. The monoisotopic (exact) mass is 394 g/mol. The Morgan fingerprint density at radius 3 is 2.25 bits per heavy atom. The lowest BCUT2D eigenvalue weighted by Crippen LogP contribution is -2.33. The van der Waals surface area contributed by atoms with Crippen LogP contribution in [0.1, 0.15) is 23.7 Å². The molecule has 1 aliphatic heterocycles. The number of methoxy groups -OCH3 is 1. The summed E-state index contributed by atoms with van der Waals surface area (Å²) < 4.78 is 43.2. The minimum atomic E-state index is -4.36. The van der Waals surface area contributed by atoms with Gasteiger partial charge in [-0.15, -0.1) is 0 Å². The van der Waals surface area contributed by atoms with Crippen LogP contribution in [0, 0.1) is 0 Å². The molecule has 1 aliphatic rings. The number of hydrogen-bond donors (Lipinski definition) is 1. The fourth-order valence-corrected chi connectivity index (χ4v) is 3.45. The minimum Gasteiger partial charge on any atom is -0.497 e. The first-order chi connectivity index (χ1) is 13.4. The third-order valence-corrected chi connectivity index (χ3v) is 5.08. The van der Waals surface area contributed by atoms with E-state index in [1.807, 2.05) is 24.3 Å². The van der Waals surface area contributed by atoms with Gasteiger partial charge in [-0.1, -0.05) is 12.1 Å².